The van der Waals surface area contributed by atoms with E-state index in [1.54, 1.807) is 0 Å². The molecule has 0 saturated heterocycles. The Kier molecular flexibility index (Phi) is 2.76. The van der Waals surface area contributed by atoms with E-state index in [4.69, 9.17) is 10.2 Å². The number of benzene rings is 1. The summed E-state index contributed by atoms with van der Waals surface area (Å²) in [5.41, 5.74) is 0.836. The summed E-state index contributed by atoms with van der Waals surface area (Å²) in [4.78, 5) is 42.0. The Hall–Kier alpha value is -3.09. The summed E-state index contributed by atoms with van der Waals surface area (Å²) in [6.45, 7) is 0. The first-order chi connectivity index (χ1) is 9.99. The van der Waals surface area contributed by atoms with Gasteiger partial charge in [-0.3, -0.25) is 19.6 Å². The van der Waals surface area contributed by atoms with Crippen LogP contribution in [0.3, 0.4) is 0 Å². The number of carbonyl (C=O) groups excluding carboxylic acids is 1. The molecule has 2 N–H and O–H groups in total. The number of rotatable bonds is 2. The van der Waals surface area contributed by atoms with E-state index < -0.39 is 23.6 Å². The fourth-order valence-corrected chi connectivity index (χ4v) is 2.19. The van der Waals surface area contributed by atoms with Crippen molar-refractivity contribution >= 4 is 40.5 Å². The highest BCUT2D eigenvalue weighted by Crippen LogP contribution is 2.33. The van der Waals surface area contributed by atoms with Crippen molar-refractivity contribution in [3.8, 4) is 0 Å². The van der Waals surface area contributed by atoms with Gasteiger partial charge in [0.25, 0.3) is 0 Å². The van der Waals surface area contributed by atoms with Gasteiger partial charge < -0.3 is 10.2 Å². The molecule has 0 spiro atoms. The fourth-order valence-electron chi connectivity index (χ4n) is 2.19. The van der Waals surface area contributed by atoms with E-state index in [9.17, 15) is 14.4 Å². The average molecular weight is 284 g/mol. The predicted molar refractivity (Wildman–Crippen MR) is 72.3 cm³/mol. The van der Waals surface area contributed by atoms with Crippen LogP contribution in [0.25, 0.3) is 10.9 Å². The Morgan fingerprint density at radius 3 is 2.62 bits per heavy atom. The highest BCUT2D eigenvalue weighted by atomic mass is 16.4. The van der Waals surface area contributed by atoms with Gasteiger partial charge in [0, 0.05) is 23.4 Å². The molecule has 0 aliphatic carbocycles. The van der Waals surface area contributed by atoms with Crippen LogP contribution in [0.15, 0.2) is 29.4 Å². The molecule has 2 heterocycles. The van der Waals surface area contributed by atoms with Gasteiger partial charge in [-0.1, -0.05) is 6.07 Å². The van der Waals surface area contributed by atoms with E-state index in [1.807, 2.05) is 0 Å². The van der Waals surface area contributed by atoms with E-state index in [0.717, 1.165) is 6.21 Å². The van der Waals surface area contributed by atoms with Crippen molar-refractivity contribution < 1.29 is 24.6 Å². The molecule has 1 unspecified atom stereocenters. The summed E-state index contributed by atoms with van der Waals surface area (Å²) in [6, 6.07) is 4.40. The molecule has 3 rings (SSSR count). The van der Waals surface area contributed by atoms with Gasteiger partial charge in [-0.15, -0.1) is 0 Å². The highest BCUT2D eigenvalue weighted by Gasteiger charge is 2.31. The van der Waals surface area contributed by atoms with Gasteiger partial charge in [-0.05, 0) is 12.1 Å². The van der Waals surface area contributed by atoms with Gasteiger partial charge in [-0.25, -0.2) is 4.79 Å². The minimum atomic E-state index is -1.30. The highest BCUT2D eigenvalue weighted by molar-refractivity contribution is 6.24. The quantitative estimate of drug-likeness (QED) is 0.807. The first-order valence-corrected chi connectivity index (χ1v) is 5.96. The smallest absolute Gasteiger partial charge is 0.337 e. The van der Waals surface area contributed by atoms with Crippen molar-refractivity contribution in [2.45, 2.75) is 0 Å². The molecular formula is C14H8N2O5. The van der Waals surface area contributed by atoms with Gasteiger partial charge in [0.05, 0.1) is 16.8 Å². The molecule has 21 heavy (non-hydrogen) atoms. The van der Waals surface area contributed by atoms with Crippen molar-refractivity contribution in [3.63, 3.8) is 0 Å². The number of Topliss-reactive ketones (excluding diaryl/α,β-unsaturated/α-hetero) is 1. The largest absolute Gasteiger partial charge is 0.480 e. The second-order valence-corrected chi connectivity index (χ2v) is 4.52. The third kappa shape index (κ3) is 1.95. The van der Waals surface area contributed by atoms with Gasteiger partial charge in [-0.2, -0.15) is 0 Å². The molecular weight excluding hydrogens is 276 g/mol. The first kappa shape index (κ1) is 12.9. The van der Waals surface area contributed by atoms with Crippen molar-refractivity contribution in [1.29, 1.82) is 0 Å². The fraction of sp³-hybridized carbons (Fsp3) is 0.0714. The van der Waals surface area contributed by atoms with Crippen molar-refractivity contribution in [2.75, 3.05) is 0 Å². The molecule has 0 saturated carbocycles. The maximum atomic E-state index is 12.1. The van der Waals surface area contributed by atoms with Crippen LogP contribution >= 0.6 is 0 Å². The minimum Gasteiger partial charge on any atom is -0.480 e. The van der Waals surface area contributed by atoms with Crippen LogP contribution in [0.4, 0.5) is 5.69 Å². The number of aromatic carboxylic acids is 1. The second kappa shape index (κ2) is 4.48. The van der Waals surface area contributed by atoms with Crippen LogP contribution in [0.1, 0.15) is 20.7 Å². The van der Waals surface area contributed by atoms with E-state index in [-0.39, 0.29) is 16.8 Å². The summed E-state index contributed by atoms with van der Waals surface area (Å²) >= 11 is 0. The van der Waals surface area contributed by atoms with Gasteiger partial charge in [0.1, 0.15) is 0 Å². The SMILES string of the molecule is O=C(O)c1cnc2c3c(ccc2c1)C(=O)C(C(=O)O)C=N3. The number of hydrogen-bond donors (Lipinski definition) is 2. The number of carboxylic acid groups (broad SMARTS) is 2. The van der Waals surface area contributed by atoms with Gasteiger partial charge >= 0.3 is 11.9 Å². The lowest BCUT2D eigenvalue weighted by molar-refractivity contribution is -0.137. The Morgan fingerprint density at radius 2 is 1.95 bits per heavy atom. The first-order valence-electron chi connectivity index (χ1n) is 5.96. The summed E-state index contributed by atoms with van der Waals surface area (Å²) in [5, 5.41) is 18.4. The van der Waals surface area contributed by atoms with Crippen molar-refractivity contribution in [3.05, 3.63) is 35.5 Å². The Balaban J connectivity index is 2.22. The zero-order chi connectivity index (χ0) is 15.1. The molecule has 0 amide bonds. The van der Waals surface area contributed by atoms with E-state index >= 15 is 0 Å². The molecule has 1 aromatic carbocycles. The Labute approximate surface area is 117 Å². The molecule has 1 aromatic heterocycles. The maximum Gasteiger partial charge on any atom is 0.337 e. The van der Waals surface area contributed by atoms with Crippen LogP contribution < -0.4 is 0 Å². The molecule has 1 aliphatic heterocycles. The normalized spacial score (nSPS) is 16.8. The number of pyridine rings is 1. The number of ketones is 1. The van der Waals surface area contributed by atoms with Crippen molar-refractivity contribution in [1.82, 2.24) is 4.98 Å². The molecule has 0 radical (unpaired) electrons. The van der Waals surface area contributed by atoms with E-state index in [0.29, 0.717) is 10.9 Å². The topological polar surface area (TPSA) is 117 Å². The average Bonchev–Trinajstić information content (AvgIpc) is 2.46. The second-order valence-electron chi connectivity index (χ2n) is 4.52. The van der Waals surface area contributed by atoms with Crippen LogP contribution in [0.2, 0.25) is 0 Å². The molecule has 104 valence electrons. The van der Waals surface area contributed by atoms with Crippen molar-refractivity contribution in [2.24, 2.45) is 10.9 Å². The standard InChI is InChI=1S/C14H8N2O5/c17-12-8-2-1-6-3-7(13(18)19)4-15-10(6)11(8)16-5-9(12)14(20)21/h1-5,9H,(H,18,19)(H,20,21). The number of aromatic nitrogens is 1. The third-order valence-electron chi connectivity index (χ3n) is 3.24. The zero-order valence-corrected chi connectivity index (χ0v) is 10.5. The maximum absolute atomic E-state index is 12.1. The number of aliphatic carboxylic acids is 1. The molecule has 1 atom stereocenters. The van der Waals surface area contributed by atoms with Crippen LogP contribution in [0, 0.1) is 5.92 Å². The lowest BCUT2D eigenvalue weighted by Crippen LogP contribution is -2.27. The van der Waals surface area contributed by atoms with E-state index in [1.165, 1.54) is 24.4 Å². The summed E-state index contributed by atoms with van der Waals surface area (Å²) in [5.74, 6) is -4.22. The molecule has 7 heteroatoms. The lowest BCUT2D eigenvalue weighted by Gasteiger charge is -2.15. The predicted octanol–water partition coefficient (Wildman–Crippen LogP) is 1.53. The Morgan fingerprint density at radius 1 is 1.19 bits per heavy atom. The summed E-state index contributed by atoms with van der Waals surface area (Å²) in [6.07, 6.45) is 2.24. The lowest BCUT2D eigenvalue weighted by atomic mass is 9.93. The monoisotopic (exact) mass is 284 g/mol. The summed E-state index contributed by atoms with van der Waals surface area (Å²) in [7, 11) is 0. The van der Waals surface area contributed by atoms with Gasteiger partial charge in [0.15, 0.2) is 11.7 Å². The molecule has 0 fully saturated rings. The molecule has 1 aliphatic rings. The van der Waals surface area contributed by atoms with Crippen LogP contribution in [0.5, 0.6) is 0 Å². The van der Waals surface area contributed by atoms with Gasteiger partial charge in [0.2, 0.25) is 0 Å². The molecule has 0 bridgehead atoms. The number of carbonyl (C=O) groups is 3. The minimum absolute atomic E-state index is 0.0250. The molecule has 2 aromatic rings. The number of hydrogen-bond acceptors (Lipinski definition) is 5. The third-order valence-corrected chi connectivity index (χ3v) is 3.24. The zero-order valence-electron chi connectivity index (χ0n) is 10.5. The van der Waals surface area contributed by atoms with Crippen LogP contribution in [-0.4, -0.2) is 39.1 Å². The number of aliphatic imine (C=N–C) groups is 1. The van der Waals surface area contributed by atoms with Crippen LogP contribution in [-0.2, 0) is 4.79 Å². The summed E-state index contributed by atoms with van der Waals surface area (Å²) < 4.78 is 0. The van der Waals surface area contributed by atoms with E-state index in [2.05, 4.69) is 9.98 Å². The number of carboxylic acids is 2. The molecule has 7 nitrogen and oxygen atoms in total. The number of fused-ring (bicyclic) bond motifs is 3. The Bertz CT molecular complexity index is 841. The number of nitrogens with zero attached hydrogens (tertiary/aromatic N) is 2.